The number of aliphatic hydroxyl groups is 1. The van der Waals surface area contributed by atoms with Gasteiger partial charge in [-0.05, 0) is 49.4 Å². The third-order valence-corrected chi connectivity index (χ3v) is 5.30. The van der Waals surface area contributed by atoms with Crippen LogP contribution in [0.25, 0.3) is 0 Å². The number of nitrogens with one attached hydrogen (secondary N) is 1. The van der Waals surface area contributed by atoms with E-state index in [1.54, 1.807) is 0 Å². The topological polar surface area (TPSA) is 90.2 Å². The normalized spacial score (nSPS) is 14.6. The Bertz CT molecular complexity index is 951. The first kappa shape index (κ1) is 21.5. The lowest BCUT2D eigenvalue weighted by atomic mass is 10.1. The molecule has 28 heavy (non-hydrogen) atoms. The summed E-state index contributed by atoms with van der Waals surface area (Å²) >= 11 is 0. The van der Waals surface area contributed by atoms with Crippen molar-refractivity contribution < 1.29 is 31.7 Å². The molecule has 5 nitrogen and oxygen atoms in total. The zero-order valence-electron chi connectivity index (χ0n) is 14.4. The van der Waals surface area contributed by atoms with Crippen LogP contribution in [0.1, 0.15) is 18.1 Å². The Kier molecular flexibility index (Phi) is 6.21. The number of halogens is 4. The summed E-state index contributed by atoms with van der Waals surface area (Å²) in [6, 6.07) is 8.56. The van der Waals surface area contributed by atoms with E-state index in [1.165, 1.54) is 18.2 Å². The van der Waals surface area contributed by atoms with Crippen molar-refractivity contribution in [1.29, 1.82) is 5.26 Å². The fourth-order valence-electron chi connectivity index (χ4n) is 2.21. The molecule has 0 bridgehead atoms. The molecule has 0 saturated carbocycles. The molecule has 0 fully saturated rings. The molecule has 148 valence electrons. The number of anilines is 1. The summed E-state index contributed by atoms with van der Waals surface area (Å²) in [5.74, 6) is -2.19. The first-order valence-electron chi connectivity index (χ1n) is 7.73. The average Bonchev–Trinajstić information content (AvgIpc) is 2.61. The third kappa shape index (κ3) is 5.15. The Morgan fingerprint density at radius 1 is 1.21 bits per heavy atom. The van der Waals surface area contributed by atoms with Gasteiger partial charge in [0.05, 0.1) is 33.7 Å². The van der Waals surface area contributed by atoms with Gasteiger partial charge in [-0.2, -0.15) is 18.4 Å². The number of benzene rings is 2. The lowest BCUT2D eigenvalue weighted by Gasteiger charge is -2.22. The van der Waals surface area contributed by atoms with E-state index in [1.807, 2.05) is 0 Å². The molecule has 0 radical (unpaired) electrons. The van der Waals surface area contributed by atoms with Crippen LogP contribution < -0.4 is 5.32 Å². The van der Waals surface area contributed by atoms with Crippen molar-refractivity contribution in [3.63, 3.8) is 0 Å². The summed E-state index contributed by atoms with van der Waals surface area (Å²) in [5, 5.41) is 21.2. The van der Waals surface area contributed by atoms with Crippen LogP contribution in [0.3, 0.4) is 0 Å². The van der Waals surface area contributed by atoms with Gasteiger partial charge in [0, 0.05) is 10.6 Å². The highest BCUT2D eigenvalue weighted by molar-refractivity contribution is 7.85. The molecule has 2 aromatic rings. The fourth-order valence-corrected chi connectivity index (χ4v) is 3.46. The largest absolute Gasteiger partial charge is 0.417 e. The molecule has 0 aliphatic rings. The Hall–Kier alpha value is -2.77. The van der Waals surface area contributed by atoms with E-state index in [9.17, 15) is 31.7 Å². The van der Waals surface area contributed by atoms with Gasteiger partial charge in [-0.3, -0.25) is 9.00 Å². The lowest BCUT2D eigenvalue weighted by Crippen LogP contribution is -2.44. The summed E-state index contributed by atoms with van der Waals surface area (Å²) in [7, 11) is -1.86. The molecule has 2 atom stereocenters. The van der Waals surface area contributed by atoms with Crippen LogP contribution in [-0.4, -0.2) is 26.6 Å². The van der Waals surface area contributed by atoms with Crippen LogP contribution in [0.15, 0.2) is 47.4 Å². The molecule has 2 aromatic carbocycles. The summed E-state index contributed by atoms with van der Waals surface area (Å²) in [6.07, 6.45) is -4.81. The van der Waals surface area contributed by atoms with Gasteiger partial charge in [0.1, 0.15) is 5.82 Å². The minimum Gasteiger partial charge on any atom is -0.379 e. The maximum atomic E-state index is 13.0. The van der Waals surface area contributed by atoms with E-state index in [0.29, 0.717) is 6.07 Å². The highest BCUT2D eigenvalue weighted by atomic mass is 32.2. The molecule has 2 N–H and O–H groups in total. The lowest BCUT2D eigenvalue weighted by molar-refractivity contribution is -0.137. The second kappa shape index (κ2) is 8.08. The number of carbonyl (C=O) groups is 1. The molecule has 0 aliphatic heterocycles. The molecule has 0 spiro atoms. The number of nitriles is 1. The smallest absolute Gasteiger partial charge is 0.379 e. The Labute approximate surface area is 160 Å². The first-order valence-corrected chi connectivity index (χ1v) is 9.05. The van der Waals surface area contributed by atoms with Crippen molar-refractivity contribution in [3.8, 4) is 6.07 Å². The van der Waals surface area contributed by atoms with Crippen LogP contribution in [0.2, 0.25) is 0 Å². The first-order chi connectivity index (χ1) is 12.9. The standard InChI is InChI=1S/C18H14F4N2O3S/c1-17(26,10-28(27)14-6-3-12(19)4-7-14)16(25)24-13-5-2-11(9-23)15(8-13)18(20,21)22/h2-8,26H,10H2,1H3,(H,24,25)/t17-,28-/m1/s1. The van der Waals surface area contributed by atoms with Crippen LogP contribution in [0.5, 0.6) is 0 Å². The van der Waals surface area contributed by atoms with Gasteiger partial charge in [-0.25, -0.2) is 4.39 Å². The van der Waals surface area contributed by atoms with E-state index in [2.05, 4.69) is 5.32 Å². The molecule has 2 rings (SSSR count). The van der Waals surface area contributed by atoms with Gasteiger partial charge in [0.25, 0.3) is 5.91 Å². The van der Waals surface area contributed by atoms with Crippen molar-refractivity contribution in [3.05, 3.63) is 59.4 Å². The summed E-state index contributed by atoms with van der Waals surface area (Å²) in [4.78, 5) is 12.4. The predicted octanol–water partition coefficient (Wildman–Crippen LogP) is 3.21. The molecule has 0 saturated heterocycles. The molecule has 0 heterocycles. The number of nitrogens with zero attached hydrogens (tertiary/aromatic N) is 1. The maximum absolute atomic E-state index is 13.0. The van der Waals surface area contributed by atoms with Crippen molar-refractivity contribution >= 4 is 22.4 Å². The number of hydrogen-bond acceptors (Lipinski definition) is 4. The van der Waals surface area contributed by atoms with Crippen molar-refractivity contribution in [2.75, 3.05) is 11.1 Å². The molecule has 1 amide bonds. The van der Waals surface area contributed by atoms with Gasteiger partial charge in [0.2, 0.25) is 0 Å². The van der Waals surface area contributed by atoms with Gasteiger partial charge in [-0.15, -0.1) is 0 Å². The zero-order chi connectivity index (χ0) is 21.1. The van der Waals surface area contributed by atoms with Gasteiger partial charge in [-0.1, -0.05) is 0 Å². The van der Waals surface area contributed by atoms with Gasteiger partial charge < -0.3 is 10.4 Å². The van der Waals surface area contributed by atoms with Crippen molar-refractivity contribution in [2.24, 2.45) is 0 Å². The number of carbonyl (C=O) groups excluding carboxylic acids is 1. The molecular formula is C18H14F4N2O3S. The second-order valence-electron chi connectivity index (χ2n) is 6.04. The van der Waals surface area contributed by atoms with E-state index in [0.717, 1.165) is 31.2 Å². The second-order valence-corrected chi connectivity index (χ2v) is 7.49. The molecule has 0 unspecified atom stereocenters. The Balaban J connectivity index is 2.18. The van der Waals surface area contributed by atoms with Crippen LogP contribution in [-0.2, 0) is 21.8 Å². The maximum Gasteiger partial charge on any atom is 0.417 e. The highest BCUT2D eigenvalue weighted by Gasteiger charge is 2.36. The van der Waals surface area contributed by atoms with Crippen LogP contribution in [0.4, 0.5) is 23.2 Å². The summed E-state index contributed by atoms with van der Waals surface area (Å²) < 4.78 is 64.2. The van der Waals surface area contributed by atoms with Gasteiger partial charge in [0.15, 0.2) is 5.60 Å². The number of alkyl halides is 3. The minimum atomic E-state index is -4.81. The van der Waals surface area contributed by atoms with E-state index in [-0.39, 0.29) is 10.6 Å². The number of amides is 1. The fraction of sp³-hybridized carbons (Fsp3) is 0.222. The van der Waals surface area contributed by atoms with Crippen LogP contribution in [0, 0.1) is 17.1 Å². The molecule has 0 aliphatic carbocycles. The molecular weight excluding hydrogens is 400 g/mol. The SMILES string of the molecule is C[C@@](O)(C[S@@](=O)c1ccc(F)cc1)C(=O)Nc1ccc(C#N)c(C(F)(F)F)c1. The number of hydrogen-bond donors (Lipinski definition) is 2. The monoisotopic (exact) mass is 414 g/mol. The summed E-state index contributed by atoms with van der Waals surface area (Å²) in [5.41, 5.74) is -4.33. The quantitative estimate of drug-likeness (QED) is 0.736. The zero-order valence-corrected chi connectivity index (χ0v) is 15.2. The average molecular weight is 414 g/mol. The third-order valence-electron chi connectivity index (χ3n) is 3.68. The van der Waals surface area contributed by atoms with E-state index < -0.39 is 51.2 Å². The van der Waals surface area contributed by atoms with E-state index >= 15 is 0 Å². The number of rotatable bonds is 5. The van der Waals surface area contributed by atoms with Crippen molar-refractivity contribution in [2.45, 2.75) is 23.6 Å². The highest BCUT2D eigenvalue weighted by Crippen LogP contribution is 2.33. The van der Waals surface area contributed by atoms with Crippen molar-refractivity contribution in [1.82, 2.24) is 0 Å². The molecule has 0 aromatic heterocycles. The molecule has 10 heteroatoms. The van der Waals surface area contributed by atoms with Crippen LogP contribution >= 0.6 is 0 Å². The Morgan fingerprint density at radius 2 is 1.82 bits per heavy atom. The minimum absolute atomic E-state index is 0.173. The van der Waals surface area contributed by atoms with E-state index in [4.69, 9.17) is 5.26 Å². The summed E-state index contributed by atoms with van der Waals surface area (Å²) in [6.45, 7) is 1.05. The Morgan fingerprint density at radius 3 is 2.36 bits per heavy atom. The van der Waals surface area contributed by atoms with Gasteiger partial charge >= 0.3 is 6.18 Å². The predicted molar refractivity (Wildman–Crippen MR) is 93.1 cm³/mol.